The van der Waals surface area contributed by atoms with E-state index in [2.05, 4.69) is 0 Å². The van der Waals surface area contributed by atoms with Gasteiger partial charge in [0.05, 0.1) is 0 Å². The molecule has 0 heterocycles. The van der Waals surface area contributed by atoms with Crippen molar-refractivity contribution in [2.45, 2.75) is 12.8 Å². The van der Waals surface area contributed by atoms with E-state index in [0.717, 1.165) is 0 Å². The van der Waals surface area contributed by atoms with Crippen LogP contribution in [0.2, 0.25) is 0 Å². The molecule has 6 heteroatoms. The highest BCUT2D eigenvalue weighted by Crippen LogP contribution is 2.17. The van der Waals surface area contributed by atoms with E-state index in [9.17, 15) is 9.36 Å². The van der Waals surface area contributed by atoms with Crippen molar-refractivity contribution in [3.05, 3.63) is 29.8 Å². The van der Waals surface area contributed by atoms with Crippen molar-refractivity contribution in [3.63, 3.8) is 0 Å². The summed E-state index contributed by atoms with van der Waals surface area (Å²) < 4.78 is 10.9. The Kier molecular flexibility index (Phi) is 6.70. The fraction of sp³-hybridized carbons (Fsp3) is 0.222. The minimum atomic E-state index is -2.35. The number of halogens is 2. The van der Waals surface area contributed by atoms with Crippen molar-refractivity contribution in [2.24, 2.45) is 0 Å². The van der Waals surface area contributed by atoms with Crippen LogP contribution >= 0.6 is 32.0 Å². The summed E-state index contributed by atoms with van der Waals surface area (Å²) in [5, 5.41) is -0.0617. The highest BCUT2D eigenvalue weighted by molar-refractivity contribution is 7.47. The molecule has 1 N–H and O–H groups in total. The summed E-state index contributed by atoms with van der Waals surface area (Å²) in [7, 11) is -2.35. The van der Waals surface area contributed by atoms with E-state index in [0.29, 0.717) is 17.3 Å². The maximum Gasteiger partial charge on any atom is 0.546 e. The zero-order valence-electron chi connectivity index (χ0n) is 7.72. The molecule has 0 bridgehead atoms. The summed E-state index contributed by atoms with van der Waals surface area (Å²) in [6.07, 6.45) is 0.585. The van der Waals surface area contributed by atoms with Crippen LogP contribution in [0.1, 0.15) is 12.0 Å². The molecule has 0 fully saturated rings. The molecule has 0 saturated heterocycles. The fourth-order valence-electron chi connectivity index (χ4n) is 1.14. The third-order valence-corrected chi connectivity index (χ3v) is 2.83. The first-order chi connectivity index (χ1) is 6.61. The van der Waals surface area contributed by atoms with Crippen molar-refractivity contribution in [1.82, 2.24) is 0 Å². The van der Waals surface area contributed by atoms with Gasteiger partial charge in [0.15, 0.2) is 0 Å². The van der Waals surface area contributed by atoms with Crippen LogP contribution in [0.15, 0.2) is 24.3 Å². The van der Waals surface area contributed by atoms with E-state index in [1.165, 1.54) is 0 Å². The van der Waals surface area contributed by atoms with Gasteiger partial charge in [-0.1, -0.05) is 18.2 Å². The molecular formula is C9H10Cl2O3P+. The average Bonchev–Trinajstić information content (AvgIpc) is 2.15. The van der Waals surface area contributed by atoms with Crippen LogP contribution in [0, 0.1) is 0 Å². The van der Waals surface area contributed by atoms with E-state index in [4.69, 9.17) is 16.5 Å². The second kappa shape index (κ2) is 6.91. The summed E-state index contributed by atoms with van der Waals surface area (Å²) >= 11 is 5.19. The van der Waals surface area contributed by atoms with Crippen LogP contribution < -0.4 is 5.30 Å². The van der Waals surface area contributed by atoms with E-state index in [1.54, 1.807) is 24.3 Å². The topological polar surface area (TPSA) is 54.4 Å². The summed E-state index contributed by atoms with van der Waals surface area (Å²) in [6, 6.07) is 6.74. The highest BCUT2D eigenvalue weighted by atomic mass is 35.5. The SMILES string of the molecule is Cl.O=C(Cl)CCc1ccccc1[P+](=O)O. The van der Waals surface area contributed by atoms with Crippen molar-refractivity contribution in [1.29, 1.82) is 0 Å². The van der Waals surface area contributed by atoms with Crippen molar-refractivity contribution < 1.29 is 14.3 Å². The van der Waals surface area contributed by atoms with Gasteiger partial charge in [0, 0.05) is 12.0 Å². The second-order valence-corrected chi connectivity index (χ2v) is 4.21. The molecule has 3 nitrogen and oxygen atoms in total. The lowest BCUT2D eigenvalue weighted by atomic mass is 10.1. The maximum absolute atomic E-state index is 10.9. The van der Waals surface area contributed by atoms with Crippen LogP contribution in [0.5, 0.6) is 0 Å². The third kappa shape index (κ3) is 4.72. The number of carbonyl (C=O) groups excluding carboxylic acids is 1. The molecule has 1 aromatic rings. The molecule has 1 aromatic carbocycles. The molecule has 0 spiro atoms. The second-order valence-electron chi connectivity index (χ2n) is 2.76. The molecule has 15 heavy (non-hydrogen) atoms. The molecule has 0 amide bonds. The van der Waals surface area contributed by atoms with Crippen molar-refractivity contribution >= 4 is 42.6 Å². The zero-order valence-corrected chi connectivity index (χ0v) is 10.2. The zero-order chi connectivity index (χ0) is 10.6. The minimum absolute atomic E-state index is 0. The number of hydrogen-bond acceptors (Lipinski definition) is 2. The molecule has 1 rings (SSSR count). The van der Waals surface area contributed by atoms with Crippen LogP contribution in [-0.2, 0) is 15.8 Å². The van der Waals surface area contributed by atoms with Gasteiger partial charge < -0.3 is 0 Å². The number of benzene rings is 1. The fourth-order valence-corrected chi connectivity index (χ4v) is 1.88. The van der Waals surface area contributed by atoms with Gasteiger partial charge in [-0.15, -0.1) is 12.4 Å². The molecule has 0 saturated carbocycles. The Morgan fingerprint density at radius 2 is 2.00 bits per heavy atom. The monoisotopic (exact) mass is 267 g/mol. The quantitative estimate of drug-likeness (QED) is 0.672. The van der Waals surface area contributed by atoms with Crippen molar-refractivity contribution in [3.8, 4) is 0 Å². The lowest BCUT2D eigenvalue weighted by molar-refractivity contribution is -0.111. The Morgan fingerprint density at radius 1 is 1.40 bits per heavy atom. The third-order valence-electron chi connectivity index (χ3n) is 1.79. The Bertz CT molecular complexity index is 368. The number of rotatable bonds is 4. The van der Waals surface area contributed by atoms with Crippen LogP contribution in [0.25, 0.3) is 0 Å². The predicted molar refractivity (Wildman–Crippen MR) is 62.3 cm³/mol. The molecule has 0 aliphatic carbocycles. The van der Waals surface area contributed by atoms with E-state index in [1.807, 2.05) is 0 Å². The smallest absolute Gasteiger partial charge is 0.281 e. The molecule has 0 aromatic heterocycles. The molecular weight excluding hydrogens is 258 g/mol. The number of carbonyl (C=O) groups is 1. The molecule has 1 atom stereocenters. The Labute approximate surface area is 99.7 Å². The maximum atomic E-state index is 10.9. The summed E-state index contributed by atoms with van der Waals surface area (Å²) in [5.74, 6) is 0. The van der Waals surface area contributed by atoms with Gasteiger partial charge in [0.2, 0.25) is 10.5 Å². The average molecular weight is 268 g/mol. The number of hydrogen-bond donors (Lipinski definition) is 1. The normalized spacial score (nSPS) is 10.4. The summed E-state index contributed by atoms with van der Waals surface area (Å²) in [5.41, 5.74) is 0.699. The standard InChI is InChI=1S/C9H8ClO3P.ClH/c10-9(11)6-5-7-3-1-2-4-8(7)14(12)13;/h1-4H,5-6H2;1H/p+1. The number of aryl methyl sites for hydroxylation is 1. The molecule has 0 aliphatic rings. The van der Waals surface area contributed by atoms with Crippen LogP contribution in [0.4, 0.5) is 0 Å². The minimum Gasteiger partial charge on any atom is -0.281 e. The van der Waals surface area contributed by atoms with Crippen molar-refractivity contribution in [2.75, 3.05) is 0 Å². The largest absolute Gasteiger partial charge is 0.546 e. The summed E-state index contributed by atoms with van der Waals surface area (Å²) in [4.78, 5) is 19.5. The van der Waals surface area contributed by atoms with Gasteiger partial charge >= 0.3 is 8.03 Å². The van der Waals surface area contributed by atoms with E-state index >= 15 is 0 Å². The molecule has 82 valence electrons. The Morgan fingerprint density at radius 3 is 2.53 bits per heavy atom. The van der Waals surface area contributed by atoms with Gasteiger partial charge in [-0.05, 0) is 28.7 Å². The molecule has 1 unspecified atom stereocenters. The lowest BCUT2D eigenvalue weighted by Crippen LogP contribution is -2.06. The van der Waals surface area contributed by atoms with Gasteiger partial charge in [0.25, 0.3) is 0 Å². The van der Waals surface area contributed by atoms with Gasteiger partial charge in [0.1, 0.15) is 0 Å². The van der Waals surface area contributed by atoms with E-state index < -0.39 is 13.3 Å². The van der Waals surface area contributed by atoms with Gasteiger partial charge in [-0.2, -0.15) is 4.89 Å². The summed E-state index contributed by atoms with van der Waals surface area (Å²) in [6.45, 7) is 0. The first kappa shape index (κ1) is 14.5. The Hall–Kier alpha value is -0.470. The lowest BCUT2D eigenvalue weighted by Gasteiger charge is -1.96. The molecule has 0 aliphatic heterocycles. The first-order valence-corrected chi connectivity index (χ1v) is 5.62. The van der Waals surface area contributed by atoms with E-state index in [-0.39, 0.29) is 18.8 Å². The van der Waals surface area contributed by atoms with Crippen LogP contribution in [0.3, 0.4) is 0 Å². The van der Waals surface area contributed by atoms with Crippen LogP contribution in [-0.4, -0.2) is 10.1 Å². The first-order valence-electron chi connectivity index (χ1n) is 4.03. The highest BCUT2D eigenvalue weighted by Gasteiger charge is 2.20. The molecule has 0 radical (unpaired) electrons. The Balaban J connectivity index is 0.00000196. The predicted octanol–water partition coefficient (Wildman–Crippen LogP) is 2.17. The van der Waals surface area contributed by atoms with Gasteiger partial charge in [-0.3, -0.25) is 4.79 Å². The van der Waals surface area contributed by atoms with Gasteiger partial charge in [-0.25, -0.2) is 0 Å².